The topological polar surface area (TPSA) is 58.2 Å². The largest absolute Gasteiger partial charge is 0.511 e. The molecule has 1 rings (SSSR count). The van der Waals surface area contributed by atoms with Crippen molar-refractivity contribution in [3.8, 4) is 0 Å². The SMILES string of the molecule is O=S(=O)(NCC1(F)CCNCC1)C(F)(F)F. The Balaban J connectivity index is 2.57. The predicted octanol–water partition coefficient (Wildman–Crippen LogP) is 0.517. The lowest BCUT2D eigenvalue weighted by Gasteiger charge is -2.30. The van der Waals surface area contributed by atoms with E-state index in [4.69, 9.17) is 0 Å². The number of hydrogen-bond donors (Lipinski definition) is 2. The molecule has 0 radical (unpaired) electrons. The fraction of sp³-hybridized carbons (Fsp3) is 1.00. The third-order valence-corrected chi connectivity index (χ3v) is 3.52. The van der Waals surface area contributed by atoms with Crippen LogP contribution in [0, 0.1) is 0 Å². The minimum absolute atomic E-state index is 0.00657. The minimum atomic E-state index is -5.45. The van der Waals surface area contributed by atoms with Crippen LogP contribution in [-0.4, -0.2) is 39.2 Å². The molecule has 1 fully saturated rings. The first-order valence-electron chi connectivity index (χ1n) is 4.62. The third kappa shape index (κ3) is 3.29. The number of piperidine rings is 1. The van der Waals surface area contributed by atoms with Gasteiger partial charge in [-0.1, -0.05) is 0 Å². The summed E-state index contributed by atoms with van der Waals surface area (Å²) in [5, 5.41) is 2.83. The molecule has 0 aliphatic carbocycles. The van der Waals surface area contributed by atoms with Crippen molar-refractivity contribution >= 4 is 10.0 Å². The zero-order chi connectivity index (χ0) is 12.4. The summed E-state index contributed by atoms with van der Waals surface area (Å²) < 4.78 is 72.0. The lowest BCUT2D eigenvalue weighted by Crippen LogP contribution is -2.49. The van der Waals surface area contributed by atoms with Gasteiger partial charge < -0.3 is 5.32 Å². The Labute approximate surface area is 90.4 Å². The van der Waals surface area contributed by atoms with Crippen molar-refractivity contribution in [3.63, 3.8) is 0 Å². The molecular weight excluding hydrogens is 252 g/mol. The molecule has 0 aromatic carbocycles. The van der Waals surface area contributed by atoms with Crippen molar-refractivity contribution in [3.05, 3.63) is 0 Å². The van der Waals surface area contributed by atoms with Crippen LogP contribution in [-0.2, 0) is 10.0 Å². The normalized spacial score (nSPS) is 22.0. The summed E-state index contributed by atoms with van der Waals surface area (Å²) in [5.74, 6) is 0. The molecule has 2 N–H and O–H groups in total. The first-order valence-corrected chi connectivity index (χ1v) is 6.10. The number of nitrogens with one attached hydrogen (secondary N) is 2. The van der Waals surface area contributed by atoms with Crippen LogP contribution in [0.4, 0.5) is 17.6 Å². The average molecular weight is 264 g/mol. The first-order chi connectivity index (χ1) is 7.16. The lowest BCUT2D eigenvalue weighted by molar-refractivity contribution is -0.0452. The van der Waals surface area contributed by atoms with Crippen molar-refractivity contribution in [2.24, 2.45) is 0 Å². The fourth-order valence-electron chi connectivity index (χ4n) is 1.36. The number of sulfonamides is 1. The Hall–Kier alpha value is -0.410. The van der Waals surface area contributed by atoms with E-state index in [1.165, 1.54) is 4.72 Å². The maximum atomic E-state index is 13.8. The van der Waals surface area contributed by atoms with E-state index in [0.29, 0.717) is 13.1 Å². The Morgan fingerprint density at radius 3 is 2.19 bits per heavy atom. The smallest absolute Gasteiger partial charge is 0.316 e. The lowest BCUT2D eigenvalue weighted by atomic mass is 9.95. The van der Waals surface area contributed by atoms with Gasteiger partial charge in [-0.25, -0.2) is 17.5 Å². The molecule has 4 nitrogen and oxygen atoms in total. The molecule has 9 heteroatoms. The highest BCUT2D eigenvalue weighted by Gasteiger charge is 2.47. The van der Waals surface area contributed by atoms with E-state index in [-0.39, 0.29) is 12.8 Å². The van der Waals surface area contributed by atoms with Gasteiger partial charge in [-0.2, -0.15) is 13.2 Å². The van der Waals surface area contributed by atoms with E-state index in [9.17, 15) is 26.0 Å². The molecule has 0 spiro atoms. The molecule has 1 saturated heterocycles. The van der Waals surface area contributed by atoms with Gasteiger partial charge in [-0.3, -0.25) is 0 Å². The minimum Gasteiger partial charge on any atom is -0.316 e. The Morgan fingerprint density at radius 1 is 1.25 bits per heavy atom. The molecule has 0 aromatic heterocycles. The molecular formula is C7H12F4N2O2S. The Bertz CT molecular complexity index is 335. The summed E-state index contributed by atoms with van der Waals surface area (Å²) in [6.45, 7) is -0.189. The van der Waals surface area contributed by atoms with E-state index in [1.807, 2.05) is 0 Å². The number of rotatable bonds is 3. The van der Waals surface area contributed by atoms with Crippen LogP contribution in [0.15, 0.2) is 0 Å². The number of alkyl halides is 4. The van der Waals surface area contributed by atoms with E-state index in [1.54, 1.807) is 0 Å². The molecule has 1 heterocycles. The molecule has 1 aliphatic heterocycles. The highest BCUT2D eigenvalue weighted by Crippen LogP contribution is 2.25. The van der Waals surface area contributed by atoms with Gasteiger partial charge in [0, 0.05) is 6.54 Å². The Morgan fingerprint density at radius 2 is 1.75 bits per heavy atom. The second-order valence-corrected chi connectivity index (χ2v) is 5.43. The Kier molecular flexibility index (Phi) is 3.80. The summed E-state index contributed by atoms with van der Waals surface area (Å²) in [5.41, 5.74) is -7.29. The predicted molar refractivity (Wildman–Crippen MR) is 48.9 cm³/mol. The summed E-state index contributed by atoms with van der Waals surface area (Å²) in [6.07, 6.45) is -0.0131. The summed E-state index contributed by atoms with van der Waals surface area (Å²) in [6, 6.07) is 0. The van der Waals surface area contributed by atoms with Crippen molar-refractivity contribution in [1.82, 2.24) is 10.0 Å². The molecule has 0 unspecified atom stereocenters. The summed E-state index contributed by atoms with van der Waals surface area (Å²) in [4.78, 5) is 0. The molecule has 0 amide bonds. The molecule has 96 valence electrons. The molecule has 0 aromatic rings. The standard InChI is InChI=1S/C7H12F4N2O2S/c8-6(1-3-12-4-2-6)5-13-16(14,15)7(9,10)11/h12-13H,1-5H2. The van der Waals surface area contributed by atoms with Gasteiger partial charge >= 0.3 is 15.5 Å². The zero-order valence-corrected chi connectivity index (χ0v) is 9.09. The van der Waals surface area contributed by atoms with Crippen LogP contribution < -0.4 is 10.0 Å². The van der Waals surface area contributed by atoms with Gasteiger partial charge in [0.1, 0.15) is 5.67 Å². The highest BCUT2D eigenvalue weighted by atomic mass is 32.2. The van der Waals surface area contributed by atoms with Gasteiger partial charge in [-0.05, 0) is 25.9 Å². The highest BCUT2D eigenvalue weighted by molar-refractivity contribution is 7.90. The maximum absolute atomic E-state index is 13.8. The van der Waals surface area contributed by atoms with Gasteiger partial charge in [0.2, 0.25) is 0 Å². The molecule has 0 bridgehead atoms. The van der Waals surface area contributed by atoms with Crippen molar-refractivity contribution < 1.29 is 26.0 Å². The third-order valence-electron chi connectivity index (χ3n) is 2.38. The average Bonchev–Trinajstić information content (AvgIpc) is 2.15. The monoisotopic (exact) mass is 264 g/mol. The fourth-order valence-corrected chi connectivity index (χ4v) is 1.97. The van der Waals surface area contributed by atoms with Crippen LogP contribution in [0.5, 0.6) is 0 Å². The van der Waals surface area contributed by atoms with Gasteiger partial charge in [0.15, 0.2) is 0 Å². The zero-order valence-electron chi connectivity index (χ0n) is 8.27. The molecule has 16 heavy (non-hydrogen) atoms. The second kappa shape index (κ2) is 4.46. The van der Waals surface area contributed by atoms with Crippen LogP contribution >= 0.6 is 0 Å². The van der Waals surface area contributed by atoms with Gasteiger partial charge in [-0.15, -0.1) is 0 Å². The van der Waals surface area contributed by atoms with Crippen molar-refractivity contribution in [2.75, 3.05) is 19.6 Å². The molecule has 0 atom stereocenters. The van der Waals surface area contributed by atoms with Gasteiger partial charge in [0.05, 0.1) is 0 Å². The van der Waals surface area contributed by atoms with Crippen molar-refractivity contribution in [2.45, 2.75) is 24.0 Å². The van der Waals surface area contributed by atoms with E-state index in [2.05, 4.69) is 5.32 Å². The van der Waals surface area contributed by atoms with Crippen LogP contribution in [0.25, 0.3) is 0 Å². The van der Waals surface area contributed by atoms with E-state index in [0.717, 1.165) is 0 Å². The van der Waals surface area contributed by atoms with Crippen LogP contribution in [0.1, 0.15) is 12.8 Å². The quantitative estimate of drug-likeness (QED) is 0.731. The summed E-state index contributed by atoms with van der Waals surface area (Å²) >= 11 is 0. The first kappa shape index (κ1) is 13.7. The number of halogens is 4. The van der Waals surface area contributed by atoms with Crippen LogP contribution in [0.3, 0.4) is 0 Å². The van der Waals surface area contributed by atoms with E-state index >= 15 is 0 Å². The summed E-state index contributed by atoms with van der Waals surface area (Å²) in [7, 11) is -5.45. The number of hydrogen-bond acceptors (Lipinski definition) is 3. The van der Waals surface area contributed by atoms with Gasteiger partial charge in [0.25, 0.3) is 0 Å². The molecule has 1 aliphatic rings. The second-order valence-electron chi connectivity index (χ2n) is 3.67. The van der Waals surface area contributed by atoms with E-state index < -0.39 is 27.7 Å². The molecule has 0 saturated carbocycles. The van der Waals surface area contributed by atoms with Crippen molar-refractivity contribution in [1.29, 1.82) is 0 Å². The van der Waals surface area contributed by atoms with Crippen LogP contribution in [0.2, 0.25) is 0 Å². The maximum Gasteiger partial charge on any atom is 0.511 e.